The molecule has 1 N–H and O–H groups in total. The first kappa shape index (κ1) is 14.4. The van der Waals surface area contributed by atoms with E-state index in [9.17, 15) is 9.65 Å². The monoisotopic (exact) mass is 252 g/mol. The molecule has 5 heteroatoms. The third-order valence-electron chi connectivity index (χ3n) is 2.61. The Bertz CT molecular complexity index is 412. The molecular formula is C13H17FN2O2. The van der Waals surface area contributed by atoms with Gasteiger partial charge in [-0.15, -0.1) is 0 Å². The van der Waals surface area contributed by atoms with Gasteiger partial charge in [0.2, 0.25) is 0 Å². The van der Waals surface area contributed by atoms with Crippen LogP contribution in [0.25, 0.3) is 0 Å². The van der Waals surface area contributed by atoms with Crippen molar-refractivity contribution in [3.8, 4) is 6.07 Å². The van der Waals surface area contributed by atoms with E-state index in [-0.39, 0.29) is 5.82 Å². The highest BCUT2D eigenvalue weighted by Gasteiger charge is 2.28. The van der Waals surface area contributed by atoms with Crippen molar-refractivity contribution in [3.05, 3.63) is 30.1 Å². The molecule has 0 bridgehead atoms. The maximum absolute atomic E-state index is 12.8. The molecule has 0 fully saturated rings. The molecule has 1 atom stereocenters. The first-order valence-corrected chi connectivity index (χ1v) is 5.53. The first-order chi connectivity index (χ1) is 8.53. The van der Waals surface area contributed by atoms with Crippen LogP contribution < -0.4 is 5.32 Å². The second kappa shape index (κ2) is 6.34. The number of hydrogen-bond acceptors (Lipinski definition) is 4. The van der Waals surface area contributed by atoms with Crippen LogP contribution in [0.3, 0.4) is 0 Å². The van der Waals surface area contributed by atoms with Crippen LogP contribution in [0.2, 0.25) is 0 Å². The van der Waals surface area contributed by atoms with E-state index >= 15 is 0 Å². The lowest BCUT2D eigenvalue weighted by molar-refractivity contribution is -0.110. The highest BCUT2D eigenvalue weighted by atomic mass is 19.1. The molecule has 1 aromatic carbocycles. The van der Waals surface area contributed by atoms with Gasteiger partial charge in [-0.2, -0.15) is 5.26 Å². The Morgan fingerprint density at radius 1 is 1.33 bits per heavy atom. The molecule has 0 radical (unpaired) electrons. The Balaban J connectivity index is 2.76. The van der Waals surface area contributed by atoms with Crippen LogP contribution in [0.5, 0.6) is 0 Å². The Hall–Kier alpha value is -1.64. The van der Waals surface area contributed by atoms with E-state index in [1.807, 2.05) is 0 Å². The van der Waals surface area contributed by atoms with Gasteiger partial charge in [-0.1, -0.05) is 0 Å². The molecular weight excluding hydrogens is 235 g/mol. The number of benzene rings is 1. The molecule has 0 aliphatic heterocycles. The third kappa shape index (κ3) is 3.99. The zero-order valence-corrected chi connectivity index (χ0v) is 10.7. The summed E-state index contributed by atoms with van der Waals surface area (Å²) in [5.41, 5.74) is -0.180. The van der Waals surface area contributed by atoms with Crippen molar-refractivity contribution < 1.29 is 13.9 Å². The second-order valence-corrected chi connectivity index (χ2v) is 4.18. The normalized spacial score (nSPS) is 14.0. The molecule has 1 unspecified atom stereocenters. The van der Waals surface area contributed by atoms with Crippen LogP contribution in [-0.4, -0.2) is 26.0 Å². The van der Waals surface area contributed by atoms with E-state index < -0.39 is 11.8 Å². The zero-order chi connectivity index (χ0) is 13.6. The van der Waals surface area contributed by atoms with Gasteiger partial charge in [-0.05, 0) is 31.2 Å². The van der Waals surface area contributed by atoms with Gasteiger partial charge in [-0.25, -0.2) is 4.39 Å². The van der Waals surface area contributed by atoms with Crippen LogP contribution in [0, 0.1) is 17.1 Å². The van der Waals surface area contributed by atoms with Gasteiger partial charge in [0.25, 0.3) is 0 Å². The largest absolute Gasteiger partial charge is 0.367 e. The van der Waals surface area contributed by atoms with E-state index in [0.29, 0.717) is 12.1 Å². The van der Waals surface area contributed by atoms with E-state index in [1.165, 1.54) is 26.4 Å². The molecule has 0 aromatic heterocycles. The molecule has 0 aliphatic rings. The average molecular weight is 252 g/mol. The van der Waals surface area contributed by atoms with Crippen molar-refractivity contribution in [2.75, 3.05) is 19.5 Å². The average Bonchev–Trinajstić information content (AvgIpc) is 2.39. The van der Waals surface area contributed by atoms with Crippen molar-refractivity contribution in [2.45, 2.75) is 25.2 Å². The number of rotatable bonds is 6. The van der Waals surface area contributed by atoms with Crippen molar-refractivity contribution in [3.63, 3.8) is 0 Å². The summed E-state index contributed by atoms with van der Waals surface area (Å²) in [7, 11) is 3.04. The topological polar surface area (TPSA) is 54.3 Å². The molecule has 0 saturated carbocycles. The van der Waals surface area contributed by atoms with Crippen LogP contribution >= 0.6 is 0 Å². The Morgan fingerprint density at radius 2 is 1.89 bits per heavy atom. The Labute approximate surface area is 106 Å². The number of methoxy groups -OCH3 is 2. The lowest BCUT2D eigenvalue weighted by Crippen LogP contribution is -2.38. The lowest BCUT2D eigenvalue weighted by atomic mass is 9.99. The van der Waals surface area contributed by atoms with E-state index in [1.54, 1.807) is 19.1 Å². The predicted octanol–water partition coefficient (Wildman–Crippen LogP) is 2.53. The standard InChI is InChI=1S/C13H17FN2O2/c1-13(9-15,8-12(17-2)18-3)16-11-6-4-10(14)5-7-11/h4-7,12,16H,8H2,1-3H3. The number of halogens is 1. The van der Waals surface area contributed by atoms with Crippen LogP contribution in [0.15, 0.2) is 24.3 Å². The molecule has 98 valence electrons. The summed E-state index contributed by atoms with van der Waals surface area (Å²) in [4.78, 5) is 0. The minimum atomic E-state index is -0.853. The number of ether oxygens (including phenoxy) is 2. The molecule has 0 heterocycles. The molecule has 0 saturated heterocycles. The van der Waals surface area contributed by atoms with Crippen LogP contribution in [0.1, 0.15) is 13.3 Å². The van der Waals surface area contributed by atoms with Crippen LogP contribution in [0.4, 0.5) is 10.1 Å². The van der Waals surface area contributed by atoms with E-state index in [2.05, 4.69) is 11.4 Å². The smallest absolute Gasteiger partial charge is 0.160 e. The summed E-state index contributed by atoms with van der Waals surface area (Å²) in [5, 5.41) is 12.3. The van der Waals surface area contributed by atoms with Crippen molar-refractivity contribution in [2.24, 2.45) is 0 Å². The zero-order valence-electron chi connectivity index (χ0n) is 10.7. The summed E-state index contributed by atoms with van der Waals surface area (Å²) < 4.78 is 22.9. The quantitative estimate of drug-likeness (QED) is 0.790. The minimum absolute atomic E-state index is 0.314. The van der Waals surface area contributed by atoms with Gasteiger partial charge >= 0.3 is 0 Å². The minimum Gasteiger partial charge on any atom is -0.367 e. The maximum atomic E-state index is 12.8. The Morgan fingerprint density at radius 3 is 2.33 bits per heavy atom. The van der Waals surface area contributed by atoms with Crippen LogP contribution in [-0.2, 0) is 9.47 Å². The van der Waals surface area contributed by atoms with Crippen molar-refractivity contribution >= 4 is 5.69 Å². The first-order valence-electron chi connectivity index (χ1n) is 5.53. The van der Waals surface area contributed by atoms with Gasteiger partial charge in [0.1, 0.15) is 11.4 Å². The van der Waals surface area contributed by atoms with Gasteiger partial charge < -0.3 is 14.8 Å². The Kier molecular flexibility index (Phi) is 5.08. The molecule has 18 heavy (non-hydrogen) atoms. The third-order valence-corrected chi connectivity index (χ3v) is 2.61. The fourth-order valence-electron chi connectivity index (χ4n) is 1.57. The fourth-order valence-corrected chi connectivity index (χ4v) is 1.57. The molecule has 0 aliphatic carbocycles. The number of nitrogens with one attached hydrogen (secondary N) is 1. The number of hydrogen-bond donors (Lipinski definition) is 1. The second-order valence-electron chi connectivity index (χ2n) is 4.18. The van der Waals surface area contributed by atoms with E-state index in [0.717, 1.165) is 0 Å². The molecule has 1 rings (SSSR count). The molecule has 1 aromatic rings. The number of nitrogens with zero attached hydrogens (tertiary/aromatic N) is 1. The van der Waals surface area contributed by atoms with Gasteiger partial charge in [0.15, 0.2) is 6.29 Å². The summed E-state index contributed by atoms with van der Waals surface area (Å²) in [6, 6.07) is 8.02. The highest BCUT2D eigenvalue weighted by molar-refractivity contribution is 5.47. The molecule has 0 spiro atoms. The molecule has 0 amide bonds. The van der Waals surface area contributed by atoms with E-state index in [4.69, 9.17) is 9.47 Å². The number of nitriles is 1. The van der Waals surface area contributed by atoms with Gasteiger partial charge in [0.05, 0.1) is 6.07 Å². The van der Waals surface area contributed by atoms with Gasteiger partial charge in [0, 0.05) is 26.3 Å². The molecule has 4 nitrogen and oxygen atoms in total. The predicted molar refractivity (Wildman–Crippen MR) is 66.5 cm³/mol. The lowest BCUT2D eigenvalue weighted by Gasteiger charge is -2.27. The summed E-state index contributed by atoms with van der Waals surface area (Å²) in [6.45, 7) is 1.74. The SMILES string of the molecule is COC(CC(C)(C#N)Nc1ccc(F)cc1)OC. The van der Waals surface area contributed by atoms with Crippen molar-refractivity contribution in [1.29, 1.82) is 5.26 Å². The van der Waals surface area contributed by atoms with Crippen molar-refractivity contribution in [1.82, 2.24) is 0 Å². The van der Waals surface area contributed by atoms with Gasteiger partial charge in [-0.3, -0.25) is 0 Å². The fraction of sp³-hybridized carbons (Fsp3) is 0.462. The summed E-state index contributed by atoms with van der Waals surface area (Å²) in [5.74, 6) is -0.314. The number of anilines is 1. The maximum Gasteiger partial charge on any atom is 0.160 e. The summed E-state index contributed by atoms with van der Waals surface area (Å²) in [6.07, 6.45) is -0.115. The highest BCUT2D eigenvalue weighted by Crippen LogP contribution is 2.21. The summed E-state index contributed by atoms with van der Waals surface area (Å²) >= 11 is 0.